The number of benzene rings is 1. The molecule has 0 saturated carbocycles. The summed E-state index contributed by atoms with van der Waals surface area (Å²) in [5.74, 6) is -1.12. The Labute approximate surface area is 163 Å². The van der Waals surface area contributed by atoms with E-state index in [1.807, 2.05) is 0 Å². The van der Waals surface area contributed by atoms with Gasteiger partial charge >= 0.3 is 11.9 Å². The standard InChI is InChI=1S/C18H16N4O7/c1-3-27-18(24)13-9(2)29-16-14(13)15(19)20-12(21-16)8-28-17(23)10-5-4-6-11(7-10)22(25)26/h4-7H,3,8H2,1-2H3,(H2,19,20,21). The van der Waals surface area contributed by atoms with Crippen molar-refractivity contribution in [3.63, 3.8) is 0 Å². The summed E-state index contributed by atoms with van der Waals surface area (Å²) in [6, 6.07) is 5.12. The number of furan rings is 1. The fourth-order valence-corrected chi connectivity index (χ4v) is 2.66. The monoisotopic (exact) mass is 400 g/mol. The molecule has 0 unspecified atom stereocenters. The molecule has 0 aliphatic heterocycles. The summed E-state index contributed by atoms with van der Waals surface area (Å²) in [4.78, 5) is 42.6. The van der Waals surface area contributed by atoms with Crippen LogP contribution in [0, 0.1) is 17.0 Å². The molecule has 1 aromatic carbocycles. The molecule has 2 heterocycles. The van der Waals surface area contributed by atoms with Crippen LogP contribution in [0.3, 0.4) is 0 Å². The van der Waals surface area contributed by atoms with Crippen molar-refractivity contribution in [3.8, 4) is 0 Å². The topological polar surface area (TPSA) is 161 Å². The van der Waals surface area contributed by atoms with E-state index < -0.39 is 16.9 Å². The predicted octanol–water partition coefficient (Wildman–Crippen LogP) is 2.56. The minimum Gasteiger partial charge on any atom is -0.462 e. The molecule has 0 saturated heterocycles. The van der Waals surface area contributed by atoms with E-state index >= 15 is 0 Å². The number of aryl methyl sites for hydroxylation is 1. The Bertz CT molecular complexity index is 1120. The molecule has 0 aliphatic rings. The fraction of sp³-hybridized carbons (Fsp3) is 0.222. The van der Waals surface area contributed by atoms with Gasteiger partial charge in [-0.2, -0.15) is 4.98 Å². The van der Waals surface area contributed by atoms with Crippen molar-refractivity contribution in [2.45, 2.75) is 20.5 Å². The molecule has 11 heteroatoms. The van der Waals surface area contributed by atoms with Gasteiger partial charge in [-0.3, -0.25) is 10.1 Å². The Kier molecular flexibility index (Phi) is 5.39. The van der Waals surface area contributed by atoms with Gasteiger partial charge in [-0.15, -0.1) is 0 Å². The average Bonchev–Trinajstić information content (AvgIpc) is 3.02. The minimum absolute atomic E-state index is 0.00619. The van der Waals surface area contributed by atoms with Crippen molar-refractivity contribution in [2.75, 3.05) is 12.3 Å². The van der Waals surface area contributed by atoms with Crippen molar-refractivity contribution in [3.05, 3.63) is 57.1 Å². The van der Waals surface area contributed by atoms with Gasteiger partial charge in [-0.25, -0.2) is 14.6 Å². The molecule has 0 radical (unpaired) electrons. The number of hydrogen-bond donors (Lipinski definition) is 1. The van der Waals surface area contributed by atoms with Crippen molar-refractivity contribution in [1.82, 2.24) is 9.97 Å². The van der Waals surface area contributed by atoms with Crippen molar-refractivity contribution in [1.29, 1.82) is 0 Å². The number of carbonyl (C=O) groups is 2. The average molecular weight is 400 g/mol. The van der Waals surface area contributed by atoms with Crippen LogP contribution in [0.2, 0.25) is 0 Å². The van der Waals surface area contributed by atoms with Crippen LogP contribution in [0.25, 0.3) is 11.1 Å². The summed E-state index contributed by atoms with van der Waals surface area (Å²) in [7, 11) is 0. The first-order valence-electron chi connectivity index (χ1n) is 8.46. The molecule has 0 bridgehead atoms. The second kappa shape index (κ2) is 7.92. The number of non-ortho nitro benzene ring substituents is 1. The largest absolute Gasteiger partial charge is 0.462 e. The quantitative estimate of drug-likeness (QED) is 0.370. The van der Waals surface area contributed by atoms with Gasteiger partial charge in [0.15, 0.2) is 12.4 Å². The Balaban J connectivity index is 1.83. The van der Waals surface area contributed by atoms with Gasteiger partial charge in [0, 0.05) is 12.1 Å². The maximum absolute atomic E-state index is 12.1. The van der Waals surface area contributed by atoms with Crippen LogP contribution < -0.4 is 5.73 Å². The first kappa shape index (κ1) is 19.7. The summed E-state index contributed by atoms with van der Waals surface area (Å²) in [5, 5.41) is 11.0. The molecule has 0 fully saturated rings. The normalized spacial score (nSPS) is 10.7. The van der Waals surface area contributed by atoms with E-state index in [2.05, 4.69) is 9.97 Å². The van der Waals surface area contributed by atoms with Gasteiger partial charge in [-0.05, 0) is 19.9 Å². The molecule has 11 nitrogen and oxygen atoms in total. The molecule has 150 valence electrons. The maximum atomic E-state index is 12.1. The molecule has 0 aliphatic carbocycles. The number of nitro groups is 1. The maximum Gasteiger partial charge on any atom is 0.342 e. The number of fused-ring (bicyclic) bond motifs is 1. The van der Waals surface area contributed by atoms with Crippen LogP contribution in [-0.4, -0.2) is 33.4 Å². The Morgan fingerprint density at radius 3 is 2.69 bits per heavy atom. The number of nitro benzene ring substituents is 1. The van der Waals surface area contributed by atoms with Crippen molar-refractivity contribution >= 4 is 34.5 Å². The molecule has 29 heavy (non-hydrogen) atoms. The highest BCUT2D eigenvalue weighted by atomic mass is 16.6. The lowest BCUT2D eigenvalue weighted by molar-refractivity contribution is -0.384. The molecular formula is C18H16N4O7. The third-order valence-corrected chi connectivity index (χ3v) is 3.91. The summed E-state index contributed by atoms with van der Waals surface area (Å²) < 4.78 is 15.6. The lowest BCUT2D eigenvalue weighted by Crippen LogP contribution is -2.10. The third-order valence-electron chi connectivity index (χ3n) is 3.91. The second-order valence-corrected chi connectivity index (χ2v) is 5.84. The predicted molar refractivity (Wildman–Crippen MR) is 99.1 cm³/mol. The molecule has 0 amide bonds. The van der Waals surface area contributed by atoms with Crippen LogP contribution in [0.15, 0.2) is 28.7 Å². The van der Waals surface area contributed by atoms with Crippen LogP contribution in [0.1, 0.15) is 39.2 Å². The lowest BCUT2D eigenvalue weighted by atomic mass is 10.2. The van der Waals surface area contributed by atoms with E-state index in [4.69, 9.17) is 19.6 Å². The van der Waals surface area contributed by atoms with E-state index in [1.165, 1.54) is 18.2 Å². The van der Waals surface area contributed by atoms with E-state index in [1.54, 1.807) is 13.8 Å². The number of nitrogens with zero attached hydrogens (tertiary/aromatic N) is 3. The first-order chi connectivity index (χ1) is 13.8. The molecule has 3 aromatic rings. The molecule has 0 atom stereocenters. The van der Waals surface area contributed by atoms with Crippen molar-refractivity contribution < 1.29 is 28.4 Å². The summed E-state index contributed by atoms with van der Waals surface area (Å²) in [6.45, 7) is 3.06. The summed E-state index contributed by atoms with van der Waals surface area (Å²) >= 11 is 0. The Morgan fingerprint density at radius 2 is 2.00 bits per heavy atom. The van der Waals surface area contributed by atoms with Crippen LogP contribution >= 0.6 is 0 Å². The fourth-order valence-electron chi connectivity index (χ4n) is 2.66. The van der Waals surface area contributed by atoms with Gasteiger partial charge in [0.2, 0.25) is 5.71 Å². The van der Waals surface area contributed by atoms with Gasteiger partial charge in [0.25, 0.3) is 5.69 Å². The molecule has 0 spiro atoms. The highest BCUT2D eigenvalue weighted by molar-refractivity contribution is 6.07. The molecule has 2 N–H and O–H groups in total. The third kappa shape index (κ3) is 3.98. The Hall–Kier alpha value is -4.02. The van der Waals surface area contributed by atoms with Crippen LogP contribution in [-0.2, 0) is 16.1 Å². The summed E-state index contributed by atoms with van der Waals surface area (Å²) in [5.41, 5.74) is 5.90. The highest BCUT2D eigenvalue weighted by Gasteiger charge is 2.24. The van der Waals surface area contributed by atoms with Gasteiger partial charge < -0.3 is 19.6 Å². The van der Waals surface area contributed by atoms with E-state index in [0.29, 0.717) is 0 Å². The molecular weight excluding hydrogens is 384 g/mol. The number of nitrogen functional groups attached to an aromatic ring is 1. The summed E-state index contributed by atoms with van der Waals surface area (Å²) in [6.07, 6.45) is 0. The molecule has 3 rings (SSSR count). The molecule has 2 aromatic heterocycles. The van der Waals surface area contributed by atoms with Crippen LogP contribution in [0.4, 0.5) is 11.5 Å². The van der Waals surface area contributed by atoms with Gasteiger partial charge in [-0.1, -0.05) is 6.07 Å². The number of esters is 2. The minimum atomic E-state index is -0.793. The zero-order valence-corrected chi connectivity index (χ0v) is 15.5. The van der Waals surface area contributed by atoms with E-state index in [0.717, 1.165) is 6.07 Å². The second-order valence-electron chi connectivity index (χ2n) is 5.84. The zero-order valence-electron chi connectivity index (χ0n) is 15.5. The lowest BCUT2D eigenvalue weighted by Gasteiger charge is -2.05. The number of hydrogen-bond acceptors (Lipinski definition) is 10. The number of carbonyl (C=O) groups excluding carboxylic acids is 2. The van der Waals surface area contributed by atoms with Gasteiger partial charge in [0.05, 0.1) is 22.5 Å². The first-order valence-corrected chi connectivity index (χ1v) is 8.46. The van der Waals surface area contributed by atoms with E-state index in [-0.39, 0.29) is 58.5 Å². The zero-order chi connectivity index (χ0) is 21.1. The van der Waals surface area contributed by atoms with E-state index in [9.17, 15) is 19.7 Å². The number of aromatic nitrogens is 2. The number of nitrogens with two attached hydrogens (primary N) is 1. The SMILES string of the molecule is CCOC(=O)c1c(C)oc2nc(COC(=O)c3cccc([N+](=O)[O-])c3)nc(N)c12. The Morgan fingerprint density at radius 1 is 1.24 bits per heavy atom. The number of anilines is 1. The smallest absolute Gasteiger partial charge is 0.342 e. The highest BCUT2D eigenvalue weighted by Crippen LogP contribution is 2.29. The van der Waals surface area contributed by atoms with Crippen molar-refractivity contribution in [2.24, 2.45) is 0 Å². The number of ether oxygens (including phenoxy) is 2. The van der Waals surface area contributed by atoms with Crippen LogP contribution in [0.5, 0.6) is 0 Å². The number of rotatable bonds is 6. The van der Waals surface area contributed by atoms with Gasteiger partial charge in [0.1, 0.15) is 17.1 Å².